The Bertz CT molecular complexity index is 486. The fourth-order valence-corrected chi connectivity index (χ4v) is 3.24. The van der Waals surface area contributed by atoms with Gasteiger partial charge in [0, 0.05) is 11.1 Å². The van der Waals surface area contributed by atoms with Crippen molar-refractivity contribution in [2.75, 3.05) is 0 Å². The molecule has 2 rings (SSSR count). The van der Waals surface area contributed by atoms with Crippen molar-refractivity contribution in [3.8, 4) is 0 Å². The van der Waals surface area contributed by atoms with E-state index in [1.807, 2.05) is 36.1 Å². The molecule has 1 aliphatic rings. The number of amides is 1. The van der Waals surface area contributed by atoms with Crippen LogP contribution in [0.25, 0.3) is 0 Å². The van der Waals surface area contributed by atoms with Gasteiger partial charge in [0.2, 0.25) is 5.91 Å². The monoisotopic (exact) mass is 308 g/mol. The summed E-state index contributed by atoms with van der Waals surface area (Å²) in [6, 6.07) is 7.91. The maximum atomic E-state index is 12.6. The molecular weight excluding hydrogens is 284 g/mol. The average molecular weight is 309 g/mol. The van der Waals surface area contributed by atoms with Crippen LogP contribution in [-0.2, 0) is 4.79 Å². The number of benzene rings is 1. The van der Waals surface area contributed by atoms with E-state index in [-0.39, 0.29) is 24.2 Å². The quantitative estimate of drug-likeness (QED) is 0.892. The van der Waals surface area contributed by atoms with Gasteiger partial charge in [0.15, 0.2) is 0 Å². The first kappa shape index (κ1) is 16.3. The van der Waals surface area contributed by atoms with Crippen molar-refractivity contribution in [3.05, 3.63) is 34.9 Å². The third-order valence-corrected chi connectivity index (χ3v) is 4.32. The third-order valence-electron chi connectivity index (χ3n) is 4.07. The summed E-state index contributed by atoms with van der Waals surface area (Å²) in [5, 5.41) is 4.18. The number of carbonyl (C=O) groups is 1. The van der Waals surface area contributed by atoms with Crippen LogP contribution in [0.1, 0.15) is 52.3 Å². The second-order valence-corrected chi connectivity index (χ2v) is 6.74. The van der Waals surface area contributed by atoms with E-state index in [0.717, 1.165) is 23.4 Å². The Kier molecular flexibility index (Phi) is 5.28. The van der Waals surface area contributed by atoms with Gasteiger partial charge in [-0.25, -0.2) is 0 Å². The first-order valence-electron chi connectivity index (χ1n) is 7.77. The van der Waals surface area contributed by atoms with Gasteiger partial charge in [-0.15, -0.1) is 0 Å². The van der Waals surface area contributed by atoms with Gasteiger partial charge in [-0.1, -0.05) is 44.5 Å². The fraction of sp³-hybridized carbons (Fsp3) is 0.588. The summed E-state index contributed by atoms with van der Waals surface area (Å²) < 4.78 is 0. The molecule has 0 aromatic heterocycles. The highest BCUT2D eigenvalue weighted by Gasteiger charge is 2.40. The van der Waals surface area contributed by atoms with E-state index in [0.29, 0.717) is 5.92 Å². The molecule has 1 fully saturated rings. The molecule has 3 atom stereocenters. The summed E-state index contributed by atoms with van der Waals surface area (Å²) in [4.78, 5) is 14.7. The van der Waals surface area contributed by atoms with Gasteiger partial charge in [-0.2, -0.15) is 0 Å². The number of hydrogen-bond donors (Lipinski definition) is 1. The molecule has 1 heterocycles. The van der Waals surface area contributed by atoms with Gasteiger partial charge in [0.25, 0.3) is 0 Å². The van der Waals surface area contributed by atoms with Crippen LogP contribution < -0.4 is 5.32 Å². The molecule has 0 saturated carbocycles. The van der Waals surface area contributed by atoms with Gasteiger partial charge in [-0.3, -0.25) is 10.1 Å². The molecule has 1 amide bonds. The number of nitrogens with zero attached hydrogens (tertiary/aromatic N) is 1. The Morgan fingerprint density at radius 3 is 2.38 bits per heavy atom. The van der Waals surface area contributed by atoms with Gasteiger partial charge in [0.1, 0.15) is 6.17 Å². The lowest BCUT2D eigenvalue weighted by Gasteiger charge is -2.31. The molecule has 1 N–H and O–H groups in total. The van der Waals surface area contributed by atoms with Gasteiger partial charge in [-0.05, 0) is 43.4 Å². The average Bonchev–Trinajstić information content (AvgIpc) is 2.75. The van der Waals surface area contributed by atoms with Crippen LogP contribution in [-0.4, -0.2) is 22.9 Å². The molecular formula is C17H25ClN2O. The molecule has 1 saturated heterocycles. The van der Waals surface area contributed by atoms with Crippen molar-refractivity contribution in [1.29, 1.82) is 0 Å². The second-order valence-electron chi connectivity index (χ2n) is 6.31. The van der Waals surface area contributed by atoms with Crippen molar-refractivity contribution in [1.82, 2.24) is 10.2 Å². The van der Waals surface area contributed by atoms with Crippen LogP contribution in [0.4, 0.5) is 0 Å². The Labute approximate surface area is 132 Å². The van der Waals surface area contributed by atoms with Gasteiger partial charge < -0.3 is 4.90 Å². The highest BCUT2D eigenvalue weighted by atomic mass is 35.5. The molecule has 116 valence electrons. The Morgan fingerprint density at radius 1 is 1.24 bits per heavy atom. The van der Waals surface area contributed by atoms with E-state index < -0.39 is 0 Å². The molecule has 0 bridgehead atoms. The van der Waals surface area contributed by atoms with Gasteiger partial charge >= 0.3 is 0 Å². The summed E-state index contributed by atoms with van der Waals surface area (Å²) in [6.45, 7) is 8.57. The summed E-state index contributed by atoms with van der Waals surface area (Å²) in [5.41, 5.74) is 1.10. The number of rotatable bonds is 5. The highest BCUT2D eigenvalue weighted by molar-refractivity contribution is 6.30. The molecule has 1 aliphatic heterocycles. The first-order valence-corrected chi connectivity index (χ1v) is 8.15. The minimum Gasteiger partial charge on any atom is -0.319 e. The smallest absolute Gasteiger partial charge is 0.241 e. The normalized spacial score (nSPS) is 23.9. The van der Waals surface area contributed by atoms with E-state index in [1.54, 1.807) is 0 Å². The Balaban J connectivity index is 2.27. The van der Waals surface area contributed by atoms with E-state index in [4.69, 9.17) is 11.6 Å². The predicted octanol–water partition coefficient (Wildman–Crippen LogP) is 3.98. The lowest BCUT2D eigenvalue weighted by molar-refractivity contribution is -0.132. The number of hydrogen-bond acceptors (Lipinski definition) is 2. The van der Waals surface area contributed by atoms with E-state index in [9.17, 15) is 4.79 Å². The zero-order valence-electron chi connectivity index (χ0n) is 13.3. The largest absolute Gasteiger partial charge is 0.319 e. The number of carbonyl (C=O) groups excluding carboxylic acids is 1. The van der Waals surface area contributed by atoms with Crippen LogP contribution in [0.3, 0.4) is 0 Å². The lowest BCUT2D eigenvalue weighted by Crippen LogP contribution is -2.39. The van der Waals surface area contributed by atoms with Crippen molar-refractivity contribution in [2.24, 2.45) is 5.92 Å². The predicted molar refractivity (Wildman–Crippen MR) is 87.2 cm³/mol. The SMILES string of the molecule is CCC1NC(c2ccc(Cl)cc2)N(C(C)CC(C)C)C1=O. The number of halogens is 1. The second kappa shape index (κ2) is 6.80. The molecule has 4 heteroatoms. The molecule has 1 aromatic carbocycles. The van der Waals surface area contributed by atoms with Crippen LogP contribution in [0.2, 0.25) is 5.02 Å². The zero-order valence-corrected chi connectivity index (χ0v) is 14.0. The highest BCUT2D eigenvalue weighted by Crippen LogP contribution is 2.31. The first-order chi connectivity index (χ1) is 9.93. The summed E-state index contributed by atoms with van der Waals surface area (Å²) >= 11 is 5.97. The Hall–Kier alpha value is -1.06. The van der Waals surface area contributed by atoms with Crippen molar-refractivity contribution in [3.63, 3.8) is 0 Å². The van der Waals surface area contributed by atoms with Crippen molar-refractivity contribution < 1.29 is 4.79 Å². The molecule has 0 spiro atoms. The zero-order chi connectivity index (χ0) is 15.6. The molecule has 21 heavy (non-hydrogen) atoms. The molecule has 1 aromatic rings. The van der Waals surface area contributed by atoms with E-state index >= 15 is 0 Å². The van der Waals surface area contributed by atoms with Crippen LogP contribution in [0, 0.1) is 5.92 Å². The lowest BCUT2D eigenvalue weighted by atomic mass is 10.0. The summed E-state index contributed by atoms with van der Waals surface area (Å²) in [6.07, 6.45) is 1.77. The molecule has 3 nitrogen and oxygen atoms in total. The number of nitrogens with one attached hydrogen (secondary N) is 1. The standard InChI is InChI=1S/C17H25ClN2O/c1-5-15-17(21)20(12(4)10-11(2)3)16(19-15)13-6-8-14(18)9-7-13/h6-9,11-12,15-16,19H,5,10H2,1-4H3. The van der Waals surface area contributed by atoms with Crippen LogP contribution >= 0.6 is 11.6 Å². The van der Waals surface area contributed by atoms with Crippen LogP contribution in [0.5, 0.6) is 0 Å². The fourth-order valence-electron chi connectivity index (χ4n) is 3.11. The Morgan fingerprint density at radius 2 is 1.86 bits per heavy atom. The molecule has 3 unspecified atom stereocenters. The van der Waals surface area contributed by atoms with Gasteiger partial charge in [0.05, 0.1) is 6.04 Å². The maximum Gasteiger partial charge on any atom is 0.241 e. The topological polar surface area (TPSA) is 32.3 Å². The van der Waals surface area contributed by atoms with Crippen molar-refractivity contribution in [2.45, 2.75) is 58.8 Å². The summed E-state index contributed by atoms with van der Waals surface area (Å²) in [5.74, 6) is 0.782. The maximum absolute atomic E-state index is 12.6. The van der Waals surface area contributed by atoms with E-state index in [2.05, 4.69) is 26.1 Å². The van der Waals surface area contributed by atoms with E-state index in [1.165, 1.54) is 0 Å². The van der Waals surface area contributed by atoms with Crippen LogP contribution in [0.15, 0.2) is 24.3 Å². The minimum absolute atomic E-state index is 0.0477. The summed E-state index contributed by atoms with van der Waals surface area (Å²) in [7, 11) is 0. The minimum atomic E-state index is -0.0831. The van der Waals surface area contributed by atoms with Crippen molar-refractivity contribution >= 4 is 17.5 Å². The third kappa shape index (κ3) is 3.58. The molecule has 0 radical (unpaired) electrons. The molecule has 0 aliphatic carbocycles.